The second-order valence-electron chi connectivity index (χ2n) is 18.8. The van der Waals surface area contributed by atoms with E-state index in [0.717, 1.165) is 54.0 Å². The number of aliphatic hydroxyl groups excluding tert-OH is 1. The normalized spacial score (nSPS) is 18.1. The summed E-state index contributed by atoms with van der Waals surface area (Å²) in [6.07, 6.45) is -0.325. The summed E-state index contributed by atoms with van der Waals surface area (Å²) < 4.78 is 13.4. The van der Waals surface area contributed by atoms with E-state index in [1.807, 2.05) is 107 Å². The van der Waals surface area contributed by atoms with E-state index in [1.165, 1.54) is 4.90 Å². The van der Waals surface area contributed by atoms with Crippen LogP contribution in [0.5, 0.6) is 0 Å². The number of aryl methyl sites for hydroxylation is 3. The number of amides is 4. The number of benzene rings is 2. The summed E-state index contributed by atoms with van der Waals surface area (Å²) >= 11 is 9.48. The molecule has 1 saturated heterocycles. The Morgan fingerprint density at radius 2 is 1.62 bits per heavy atom. The van der Waals surface area contributed by atoms with Crippen LogP contribution in [0.25, 0.3) is 15.4 Å². The number of hydrogen-bond acceptors (Lipinski definition) is 13. The maximum absolute atomic E-state index is 14.1. The number of carbonyl (C=O) groups excluding carboxylic acids is 4. The van der Waals surface area contributed by atoms with Crippen LogP contribution < -0.4 is 16.0 Å². The summed E-state index contributed by atoms with van der Waals surface area (Å²) in [5, 5.41) is 30.0. The van der Waals surface area contributed by atoms with Crippen molar-refractivity contribution in [1.82, 2.24) is 40.6 Å². The van der Waals surface area contributed by atoms with Crippen molar-refractivity contribution >= 4 is 63.6 Å². The first-order valence-electron chi connectivity index (χ1n) is 23.2. The lowest BCUT2D eigenvalue weighted by molar-refractivity contribution is -0.144. The number of rotatable bonds is 18. The molecule has 5 aromatic rings. The van der Waals surface area contributed by atoms with Crippen LogP contribution in [-0.2, 0) is 28.7 Å². The molecule has 2 unspecified atom stereocenters. The highest BCUT2D eigenvalue weighted by atomic mass is 35.5. The highest BCUT2D eigenvalue weighted by molar-refractivity contribution is 7.15. The molecule has 0 spiro atoms. The van der Waals surface area contributed by atoms with Gasteiger partial charge in [0.15, 0.2) is 5.82 Å². The Morgan fingerprint density at radius 1 is 0.928 bits per heavy atom. The largest absolute Gasteiger partial charge is 0.391 e. The Labute approximate surface area is 416 Å². The molecule has 0 bridgehead atoms. The monoisotopic (exact) mass is 999 g/mol. The minimum absolute atomic E-state index is 0.0312. The lowest BCUT2D eigenvalue weighted by Crippen LogP contribution is -2.58. The molecule has 2 aromatic carbocycles. The smallest absolute Gasteiger partial charge is 0.246 e. The van der Waals surface area contributed by atoms with E-state index in [4.69, 9.17) is 26.1 Å². The molecular formula is C50H62ClN9O7S2. The minimum atomic E-state index is -0.986. The van der Waals surface area contributed by atoms with E-state index in [-0.39, 0.29) is 57.2 Å². The van der Waals surface area contributed by atoms with Gasteiger partial charge in [0, 0.05) is 53.8 Å². The molecule has 2 aliphatic heterocycles. The number of aliphatic imine (C=N–C) groups is 1. The summed E-state index contributed by atoms with van der Waals surface area (Å²) in [7, 11) is 0. The first-order valence-corrected chi connectivity index (χ1v) is 25.3. The van der Waals surface area contributed by atoms with Gasteiger partial charge in [0.05, 0.1) is 46.5 Å². The standard InChI is InChI=1S/C50H62ClN9O7S2/c1-27-31(5)69-49-40(27)42(34-15-17-36(51)18-16-34)56-41(45-58-57-32(6)60(45)49)28(2)46(63)52-19-22-66-20-10-21-67-25-39(62)55-44(50(7,8)9)48(65)59-24-37(61)23-38(59)47(64)54-29(3)33-11-13-35(14-12-33)43-30(4)53-26-68-43/h11-18,26,28-29,37-38,41,44,61H,10,19-25H2,1-9H3,(H,52,63)(H,54,64)(H,55,62)/t28?,29-,37+,38-,41?,44+/m0/s1. The third-order valence-corrected chi connectivity index (χ3v) is 15.0. The molecule has 6 atom stereocenters. The lowest BCUT2D eigenvalue weighted by Gasteiger charge is -2.35. The van der Waals surface area contributed by atoms with Crippen molar-refractivity contribution in [1.29, 1.82) is 0 Å². The zero-order valence-electron chi connectivity index (χ0n) is 40.6. The average Bonchev–Trinajstić information content (AvgIpc) is 4.08. The first kappa shape index (κ1) is 51.5. The van der Waals surface area contributed by atoms with E-state index in [2.05, 4.69) is 45.0 Å². The number of carbonyl (C=O) groups is 4. The SMILES string of the molecule is Cc1ncsc1-c1ccc([C@H](C)NC(=O)[C@@H]2C[C@@H](O)CN2C(=O)[C@@H](NC(=O)COCCCOCCNC(=O)C(C)C2N=C(c3ccc(Cl)cc3)c3c(sc(C)c3C)-n3c(C)nnc32)C(C)(C)C)cc1. The number of aliphatic hydroxyl groups is 1. The van der Waals surface area contributed by atoms with Gasteiger partial charge in [0.2, 0.25) is 23.6 Å². The number of β-amino-alcohol motifs (C(OH)–C–C–N with tert-alkyl or cyclic N) is 1. The van der Waals surface area contributed by atoms with Crippen molar-refractivity contribution in [3.05, 3.63) is 104 Å². The fourth-order valence-electron chi connectivity index (χ4n) is 8.59. The van der Waals surface area contributed by atoms with Crippen LogP contribution in [0.3, 0.4) is 0 Å². The lowest BCUT2D eigenvalue weighted by atomic mass is 9.85. The average molecular weight is 1000 g/mol. The number of halogens is 1. The minimum Gasteiger partial charge on any atom is -0.391 e. The molecule has 3 aromatic heterocycles. The summed E-state index contributed by atoms with van der Waals surface area (Å²) in [4.78, 5) is 67.8. The molecule has 19 heteroatoms. The Morgan fingerprint density at radius 3 is 2.30 bits per heavy atom. The van der Waals surface area contributed by atoms with Crippen molar-refractivity contribution in [2.75, 3.05) is 39.5 Å². The molecule has 2 aliphatic rings. The Kier molecular flexibility index (Phi) is 16.5. The van der Waals surface area contributed by atoms with Crippen LogP contribution in [0.4, 0.5) is 0 Å². The zero-order valence-corrected chi connectivity index (χ0v) is 43.0. The topological polar surface area (TPSA) is 202 Å². The predicted molar refractivity (Wildman–Crippen MR) is 268 cm³/mol. The number of nitrogens with zero attached hydrogens (tertiary/aromatic N) is 6. The van der Waals surface area contributed by atoms with Crippen molar-refractivity contribution in [3.63, 3.8) is 0 Å². The zero-order chi connectivity index (χ0) is 49.7. The molecule has 69 heavy (non-hydrogen) atoms. The molecule has 4 N–H and O–H groups in total. The van der Waals surface area contributed by atoms with Gasteiger partial charge in [-0.15, -0.1) is 32.9 Å². The van der Waals surface area contributed by atoms with E-state index < -0.39 is 47.4 Å². The first-order chi connectivity index (χ1) is 32.8. The quantitative estimate of drug-likeness (QED) is 0.0679. The highest BCUT2D eigenvalue weighted by Crippen LogP contribution is 2.41. The number of thiazole rings is 1. The Balaban J connectivity index is 0.852. The van der Waals surface area contributed by atoms with E-state index in [1.54, 1.807) is 22.7 Å². The van der Waals surface area contributed by atoms with Gasteiger partial charge < -0.3 is 35.4 Å². The molecule has 0 saturated carbocycles. The number of aromatic nitrogens is 4. The molecule has 7 rings (SSSR count). The molecule has 0 aliphatic carbocycles. The molecule has 1 fully saturated rings. The Hall–Kier alpha value is -5.37. The maximum atomic E-state index is 14.1. The van der Waals surface area contributed by atoms with Crippen LogP contribution in [0.1, 0.15) is 104 Å². The fraction of sp³-hybridized carbons (Fsp3) is 0.480. The van der Waals surface area contributed by atoms with Crippen molar-refractivity contribution in [2.24, 2.45) is 16.3 Å². The van der Waals surface area contributed by atoms with E-state index in [0.29, 0.717) is 29.7 Å². The van der Waals surface area contributed by atoms with Gasteiger partial charge >= 0.3 is 0 Å². The summed E-state index contributed by atoms with van der Waals surface area (Å²) in [5.74, 6) is -0.813. The van der Waals surface area contributed by atoms with Crippen LogP contribution in [0, 0.1) is 39.0 Å². The number of fused-ring (bicyclic) bond motifs is 3. The second kappa shape index (κ2) is 22.2. The van der Waals surface area contributed by atoms with Crippen LogP contribution >= 0.6 is 34.3 Å². The van der Waals surface area contributed by atoms with Crippen LogP contribution in [0.2, 0.25) is 5.02 Å². The highest BCUT2D eigenvalue weighted by Gasteiger charge is 2.45. The number of nitrogens with one attached hydrogen (secondary N) is 3. The summed E-state index contributed by atoms with van der Waals surface area (Å²) in [6.45, 7) is 18.0. The van der Waals surface area contributed by atoms with Gasteiger partial charge in [-0.1, -0.05) is 75.7 Å². The van der Waals surface area contributed by atoms with Crippen LogP contribution in [-0.4, -0.2) is 117 Å². The van der Waals surface area contributed by atoms with E-state index in [9.17, 15) is 24.3 Å². The van der Waals surface area contributed by atoms with Crippen molar-refractivity contribution < 1.29 is 33.8 Å². The van der Waals surface area contributed by atoms with E-state index >= 15 is 0 Å². The summed E-state index contributed by atoms with van der Waals surface area (Å²) in [5.41, 5.74) is 7.74. The number of likely N-dealkylation sites (tertiary alicyclic amines) is 1. The number of hydrogen-bond donors (Lipinski definition) is 4. The molecule has 368 valence electrons. The second-order valence-corrected chi connectivity index (χ2v) is 21.3. The molecule has 4 amide bonds. The maximum Gasteiger partial charge on any atom is 0.246 e. The van der Waals surface area contributed by atoms with Gasteiger partial charge in [0.25, 0.3) is 0 Å². The number of thiophene rings is 1. The molecule has 0 radical (unpaired) electrons. The number of ether oxygens (including phenoxy) is 2. The molecule has 16 nitrogen and oxygen atoms in total. The Bertz CT molecular complexity index is 2670. The third kappa shape index (κ3) is 11.8. The summed E-state index contributed by atoms with van der Waals surface area (Å²) in [6, 6.07) is 12.6. The van der Waals surface area contributed by atoms with Crippen LogP contribution in [0.15, 0.2) is 59.0 Å². The van der Waals surface area contributed by atoms with Crippen molar-refractivity contribution in [2.45, 2.75) is 105 Å². The van der Waals surface area contributed by atoms with Crippen molar-refractivity contribution in [3.8, 4) is 15.4 Å². The molecule has 5 heterocycles. The predicted octanol–water partition coefficient (Wildman–Crippen LogP) is 6.78. The van der Waals surface area contributed by atoms with Gasteiger partial charge in [0.1, 0.15) is 35.6 Å². The van der Waals surface area contributed by atoms with Gasteiger partial charge in [-0.2, -0.15) is 0 Å². The fourth-order valence-corrected chi connectivity index (χ4v) is 10.7. The van der Waals surface area contributed by atoms with Gasteiger partial charge in [-0.3, -0.25) is 28.7 Å². The molecular weight excluding hydrogens is 938 g/mol. The van der Waals surface area contributed by atoms with Gasteiger partial charge in [-0.25, -0.2) is 4.98 Å². The third-order valence-electron chi connectivity index (χ3n) is 12.6. The van der Waals surface area contributed by atoms with Gasteiger partial charge in [-0.05, 0) is 75.3 Å².